The maximum atomic E-state index is 6.44. The molecule has 0 radical (unpaired) electrons. The van der Waals surface area contributed by atoms with Crippen molar-refractivity contribution in [2.45, 2.75) is 56.6 Å². The molecule has 35 heavy (non-hydrogen) atoms. The van der Waals surface area contributed by atoms with Crippen LogP contribution in [0.3, 0.4) is 0 Å². The molecule has 8 nitrogen and oxygen atoms in total. The van der Waals surface area contributed by atoms with Gasteiger partial charge in [-0.25, -0.2) is 9.97 Å². The van der Waals surface area contributed by atoms with Crippen LogP contribution in [0, 0.1) is 0 Å². The largest absolute Gasteiger partial charge is 0.376 e. The van der Waals surface area contributed by atoms with Gasteiger partial charge in [0.15, 0.2) is 12.1 Å². The Kier molecular flexibility index (Phi) is 7.17. The third-order valence-corrected chi connectivity index (χ3v) is 6.84. The molecule has 1 aromatic carbocycles. The number of benzene rings is 1. The van der Waals surface area contributed by atoms with E-state index in [1.165, 1.54) is 11.1 Å². The molecule has 2 aliphatic rings. The van der Waals surface area contributed by atoms with E-state index in [4.69, 9.17) is 28.7 Å². The van der Waals surface area contributed by atoms with Gasteiger partial charge in [0.1, 0.15) is 18.3 Å². The second kappa shape index (κ2) is 10.5. The van der Waals surface area contributed by atoms with Crippen molar-refractivity contribution in [3.63, 3.8) is 0 Å². The van der Waals surface area contributed by atoms with Crippen LogP contribution in [-0.4, -0.2) is 73.1 Å². The number of hydrogen-bond donors (Lipinski definition) is 0. The lowest BCUT2D eigenvalue weighted by Crippen LogP contribution is -2.59. The average Bonchev–Trinajstić information content (AvgIpc) is 3.30. The van der Waals surface area contributed by atoms with Crippen molar-refractivity contribution >= 4 is 0 Å². The second-order valence-corrected chi connectivity index (χ2v) is 8.97. The van der Waals surface area contributed by atoms with Crippen LogP contribution in [0.4, 0.5) is 0 Å². The van der Waals surface area contributed by atoms with Gasteiger partial charge in [0, 0.05) is 51.0 Å². The Morgan fingerprint density at radius 1 is 0.857 bits per heavy atom. The third-order valence-electron chi connectivity index (χ3n) is 6.84. The van der Waals surface area contributed by atoms with E-state index in [1.807, 2.05) is 25.1 Å². The van der Waals surface area contributed by atoms with E-state index in [-0.39, 0.29) is 30.5 Å². The Balaban J connectivity index is 1.31. The summed E-state index contributed by atoms with van der Waals surface area (Å²) in [4.78, 5) is 13.4. The van der Waals surface area contributed by atoms with Crippen LogP contribution >= 0.6 is 0 Å². The highest BCUT2D eigenvalue weighted by Gasteiger charge is 2.47. The lowest BCUT2D eigenvalue weighted by molar-refractivity contribution is -0.314. The van der Waals surface area contributed by atoms with Crippen molar-refractivity contribution in [3.05, 3.63) is 66.1 Å². The third kappa shape index (κ3) is 4.85. The van der Waals surface area contributed by atoms with E-state index in [0.717, 1.165) is 29.7 Å². The van der Waals surface area contributed by atoms with Gasteiger partial charge in [0.05, 0.1) is 17.9 Å². The van der Waals surface area contributed by atoms with Gasteiger partial charge >= 0.3 is 0 Å². The van der Waals surface area contributed by atoms with Gasteiger partial charge in [-0.2, -0.15) is 0 Å². The van der Waals surface area contributed by atoms with E-state index >= 15 is 0 Å². The number of fused-ring (bicyclic) bond motifs is 1. The number of methoxy groups -OCH3 is 3. The van der Waals surface area contributed by atoms with Gasteiger partial charge in [-0.3, -0.25) is 4.98 Å². The Labute approximate surface area is 205 Å². The molecule has 0 N–H and O–H groups in total. The molecule has 1 aliphatic carbocycles. The van der Waals surface area contributed by atoms with Gasteiger partial charge in [-0.15, -0.1) is 0 Å². The fraction of sp³-hybridized carbons (Fsp3) is 0.444. The molecule has 1 fully saturated rings. The van der Waals surface area contributed by atoms with Crippen LogP contribution in [-0.2, 0) is 36.5 Å². The molecule has 0 saturated carbocycles. The summed E-state index contributed by atoms with van der Waals surface area (Å²) in [5.74, 6) is 0.661. The Morgan fingerprint density at radius 3 is 2.40 bits per heavy atom. The molecule has 5 rings (SSSR count). The van der Waals surface area contributed by atoms with E-state index in [1.54, 1.807) is 39.9 Å². The molecule has 0 amide bonds. The van der Waals surface area contributed by atoms with Gasteiger partial charge < -0.3 is 23.7 Å². The molecule has 0 bridgehead atoms. The zero-order chi connectivity index (χ0) is 24.4. The molecule has 2 unspecified atom stereocenters. The molecule has 1 aliphatic heterocycles. The topological polar surface area (TPSA) is 84.8 Å². The van der Waals surface area contributed by atoms with Crippen molar-refractivity contribution < 1.29 is 23.7 Å². The highest BCUT2D eigenvalue weighted by molar-refractivity contribution is 5.64. The van der Waals surface area contributed by atoms with Crippen LogP contribution < -0.4 is 0 Å². The minimum Gasteiger partial charge on any atom is -0.376 e. The smallest absolute Gasteiger partial charge is 0.187 e. The summed E-state index contributed by atoms with van der Waals surface area (Å²) < 4.78 is 29.6. The van der Waals surface area contributed by atoms with Crippen LogP contribution in [0.15, 0.2) is 55.0 Å². The van der Waals surface area contributed by atoms with E-state index < -0.39 is 6.29 Å². The minimum absolute atomic E-state index is 0.0111. The Bertz CT molecular complexity index is 1140. The van der Waals surface area contributed by atoms with Crippen molar-refractivity contribution in [1.29, 1.82) is 0 Å². The average molecular weight is 478 g/mol. The quantitative estimate of drug-likeness (QED) is 0.511. The zero-order valence-corrected chi connectivity index (χ0v) is 20.5. The van der Waals surface area contributed by atoms with Crippen molar-refractivity contribution in [2.24, 2.45) is 0 Å². The number of rotatable bonds is 7. The monoisotopic (exact) mass is 477 g/mol. The standard InChI is InChI=1S/C27H31N3O5/c1-16-23(31-2)24(32-3)25(33-4)27(34-16)35-21-13-17-7-8-18(12-20(17)14-21)22-9-11-29-26(30-22)19-6-5-10-28-15-19/h5-12,15-16,21,23-25,27H,13-14H2,1-4H3/t16-,21?,23-,24?,25+,27-/m0/s1. The first-order valence-electron chi connectivity index (χ1n) is 11.9. The Morgan fingerprint density at radius 2 is 1.66 bits per heavy atom. The predicted octanol–water partition coefficient (Wildman–Crippen LogP) is 3.48. The molecular weight excluding hydrogens is 446 g/mol. The highest BCUT2D eigenvalue weighted by atomic mass is 16.7. The molecule has 1 saturated heterocycles. The van der Waals surface area contributed by atoms with Crippen molar-refractivity contribution in [2.75, 3.05) is 21.3 Å². The lowest BCUT2D eigenvalue weighted by Gasteiger charge is -2.44. The SMILES string of the molecule is COC1[C@@H](OC)[C@H](OC2Cc3ccc(-c4ccnc(-c5cccnc5)n4)cc3C2)O[C@@H](C)[C@@H]1OC. The zero-order valence-electron chi connectivity index (χ0n) is 20.5. The number of ether oxygens (including phenoxy) is 5. The summed E-state index contributed by atoms with van der Waals surface area (Å²) in [6.45, 7) is 1.97. The molecule has 3 aromatic rings. The summed E-state index contributed by atoms with van der Waals surface area (Å²) in [5.41, 5.74) is 5.35. The molecule has 3 heterocycles. The molecule has 0 spiro atoms. The first kappa shape index (κ1) is 24.0. The lowest BCUT2D eigenvalue weighted by atomic mass is 9.99. The van der Waals surface area contributed by atoms with E-state index in [9.17, 15) is 0 Å². The summed E-state index contributed by atoms with van der Waals surface area (Å²) in [5, 5.41) is 0. The summed E-state index contributed by atoms with van der Waals surface area (Å²) in [6.07, 6.45) is 5.30. The van der Waals surface area contributed by atoms with Crippen LogP contribution in [0.25, 0.3) is 22.6 Å². The number of pyridine rings is 1. The van der Waals surface area contributed by atoms with Crippen molar-refractivity contribution in [3.8, 4) is 22.6 Å². The molecule has 184 valence electrons. The maximum absolute atomic E-state index is 6.44. The molecule has 8 heteroatoms. The fourth-order valence-electron chi connectivity index (χ4n) is 5.10. The fourth-order valence-corrected chi connectivity index (χ4v) is 5.10. The van der Waals surface area contributed by atoms with E-state index in [0.29, 0.717) is 5.82 Å². The van der Waals surface area contributed by atoms with Gasteiger partial charge in [0.25, 0.3) is 0 Å². The van der Waals surface area contributed by atoms with Gasteiger partial charge in [-0.1, -0.05) is 12.1 Å². The van der Waals surface area contributed by atoms with Crippen LogP contribution in [0.5, 0.6) is 0 Å². The van der Waals surface area contributed by atoms with Gasteiger partial charge in [-0.05, 0) is 55.2 Å². The predicted molar refractivity (Wildman–Crippen MR) is 130 cm³/mol. The number of hydrogen-bond acceptors (Lipinski definition) is 8. The summed E-state index contributed by atoms with van der Waals surface area (Å²) in [7, 11) is 4.97. The van der Waals surface area contributed by atoms with Crippen LogP contribution in [0.2, 0.25) is 0 Å². The number of aromatic nitrogens is 3. The maximum Gasteiger partial charge on any atom is 0.187 e. The summed E-state index contributed by atoms with van der Waals surface area (Å²) in [6, 6.07) is 12.2. The van der Waals surface area contributed by atoms with Gasteiger partial charge in [0.2, 0.25) is 0 Å². The van der Waals surface area contributed by atoms with Crippen molar-refractivity contribution in [1.82, 2.24) is 15.0 Å². The first-order valence-corrected chi connectivity index (χ1v) is 11.9. The molecule has 2 aromatic heterocycles. The second-order valence-electron chi connectivity index (χ2n) is 8.97. The molecule has 6 atom stereocenters. The Hall–Kier alpha value is -2.75. The summed E-state index contributed by atoms with van der Waals surface area (Å²) >= 11 is 0. The highest BCUT2D eigenvalue weighted by Crippen LogP contribution is 2.33. The number of nitrogens with zero attached hydrogens (tertiary/aromatic N) is 3. The van der Waals surface area contributed by atoms with E-state index in [2.05, 4.69) is 28.2 Å². The normalized spacial score (nSPS) is 28.1. The van der Waals surface area contributed by atoms with Crippen LogP contribution in [0.1, 0.15) is 18.1 Å². The molecular formula is C27H31N3O5. The first-order chi connectivity index (χ1) is 17.1. The minimum atomic E-state index is -0.533.